The van der Waals surface area contributed by atoms with Gasteiger partial charge in [0.15, 0.2) is 14.9 Å². The largest absolute Gasteiger partial charge is 0.455 e. The van der Waals surface area contributed by atoms with Gasteiger partial charge in [-0.1, -0.05) is 23.2 Å². The van der Waals surface area contributed by atoms with Gasteiger partial charge in [-0.05, 0) is 49.0 Å². The highest BCUT2D eigenvalue weighted by Crippen LogP contribution is 2.31. The molecule has 1 unspecified atom stereocenters. The van der Waals surface area contributed by atoms with Crippen molar-refractivity contribution < 1.29 is 12.8 Å². The standard InChI is InChI=1S/C16H15Cl2N3O3S2/c17-10-1-3-14(18)13(7-10)15-4-2-12(24-15)8-19-21-16(25)20-11-5-6-26(22,23)9-11/h1-4,7-8,11H,5-6,9H2,(H2,20,21,25)/b19-8+. The molecule has 1 aliphatic heterocycles. The van der Waals surface area contributed by atoms with Crippen molar-refractivity contribution in [2.24, 2.45) is 5.10 Å². The molecule has 10 heteroatoms. The second kappa shape index (κ2) is 7.96. The lowest BCUT2D eigenvalue weighted by molar-refractivity contribution is 0.574. The number of nitrogens with zero attached hydrogens (tertiary/aromatic N) is 1. The Balaban J connectivity index is 1.57. The van der Waals surface area contributed by atoms with Gasteiger partial charge in [0.05, 0.1) is 22.7 Å². The molecule has 26 heavy (non-hydrogen) atoms. The Labute approximate surface area is 166 Å². The quantitative estimate of drug-likeness (QED) is 0.439. The number of hydrogen-bond donors (Lipinski definition) is 2. The zero-order valence-electron chi connectivity index (χ0n) is 13.4. The van der Waals surface area contributed by atoms with Gasteiger partial charge in [0.25, 0.3) is 0 Å². The highest BCUT2D eigenvalue weighted by atomic mass is 35.5. The third kappa shape index (κ3) is 4.97. The van der Waals surface area contributed by atoms with Crippen molar-refractivity contribution in [3.05, 3.63) is 46.1 Å². The Morgan fingerprint density at radius 1 is 1.31 bits per heavy atom. The molecular weight excluding hydrogens is 417 g/mol. The molecule has 2 N–H and O–H groups in total. The number of thiocarbonyl (C=S) groups is 1. The SMILES string of the molecule is O=S1(=O)CCC(NC(=S)N/N=C/c2ccc(-c3cc(Cl)ccc3Cl)o2)C1. The summed E-state index contributed by atoms with van der Waals surface area (Å²) in [5.41, 5.74) is 3.33. The van der Waals surface area contributed by atoms with Crippen molar-refractivity contribution in [3.63, 3.8) is 0 Å². The fraction of sp³-hybridized carbons (Fsp3) is 0.250. The van der Waals surface area contributed by atoms with Crippen molar-refractivity contribution in [1.29, 1.82) is 0 Å². The number of hydrazone groups is 1. The van der Waals surface area contributed by atoms with Gasteiger partial charge >= 0.3 is 0 Å². The van der Waals surface area contributed by atoms with Crippen LogP contribution in [0.2, 0.25) is 10.0 Å². The second-order valence-electron chi connectivity index (χ2n) is 5.77. The Hall–Kier alpha value is -1.61. The molecule has 6 nitrogen and oxygen atoms in total. The number of halogens is 2. The number of furan rings is 1. The van der Waals surface area contributed by atoms with E-state index in [1.54, 1.807) is 30.3 Å². The average Bonchev–Trinajstić information content (AvgIpc) is 3.16. The van der Waals surface area contributed by atoms with E-state index in [0.717, 1.165) is 0 Å². The van der Waals surface area contributed by atoms with Crippen LogP contribution in [0.5, 0.6) is 0 Å². The molecule has 1 aromatic carbocycles. The third-order valence-corrected chi connectivity index (χ3v) is 6.29. The van der Waals surface area contributed by atoms with Crippen LogP contribution in [-0.2, 0) is 9.84 Å². The molecule has 0 amide bonds. The van der Waals surface area contributed by atoms with E-state index in [-0.39, 0.29) is 22.7 Å². The van der Waals surface area contributed by atoms with Crippen molar-refractivity contribution in [1.82, 2.24) is 10.7 Å². The zero-order chi connectivity index (χ0) is 18.7. The first kappa shape index (κ1) is 19.2. The van der Waals surface area contributed by atoms with Gasteiger partial charge < -0.3 is 9.73 Å². The predicted octanol–water partition coefficient (Wildman–Crippen LogP) is 3.24. The molecule has 2 heterocycles. The van der Waals surface area contributed by atoms with E-state index in [2.05, 4.69) is 15.8 Å². The fourth-order valence-corrected chi connectivity index (χ4v) is 4.81. The van der Waals surface area contributed by atoms with Crippen LogP contribution in [0.4, 0.5) is 0 Å². The van der Waals surface area contributed by atoms with E-state index in [4.69, 9.17) is 39.8 Å². The molecule has 1 atom stereocenters. The number of hydrogen-bond acceptors (Lipinski definition) is 5. The van der Waals surface area contributed by atoms with Crippen molar-refractivity contribution in [2.45, 2.75) is 12.5 Å². The topological polar surface area (TPSA) is 83.7 Å². The Morgan fingerprint density at radius 2 is 2.12 bits per heavy atom. The first-order valence-electron chi connectivity index (χ1n) is 7.68. The molecular formula is C16H15Cl2N3O3S2. The maximum Gasteiger partial charge on any atom is 0.187 e. The lowest BCUT2D eigenvalue weighted by Gasteiger charge is -2.11. The van der Waals surface area contributed by atoms with Gasteiger partial charge in [0.2, 0.25) is 0 Å². The molecule has 0 saturated carbocycles. The summed E-state index contributed by atoms with van der Waals surface area (Å²) in [6.07, 6.45) is 2.00. The van der Waals surface area contributed by atoms with E-state index >= 15 is 0 Å². The minimum Gasteiger partial charge on any atom is -0.455 e. The summed E-state index contributed by atoms with van der Waals surface area (Å²) in [6, 6.07) is 8.43. The molecule has 1 aromatic heterocycles. The van der Waals surface area contributed by atoms with E-state index in [0.29, 0.717) is 33.6 Å². The normalized spacial score (nSPS) is 18.9. The van der Waals surface area contributed by atoms with Gasteiger partial charge in [-0.3, -0.25) is 5.43 Å². The van der Waals surface area contributed by atoms with Crippen molar-refractivity contribution >= 4 is 56.6 Å². The average molecular weight is 432 g/mol. The van der Waals surface area contributed by atoms with E-state index in [1.165, 1.54) is 6.21 Å². The first-order chi connectivity index (χ1) is 12.3. The highest BCUT2D eigenvalue weighted by Gasteiger charge is 2.28. The molecule has 2 aromatic rings. The van der Waals surface area contributed by atoms with Gasteiger partial charge in [-0.25, -0.2) is 8.42 Å². The number of benzene rings is 1. The molecule has 0 bridgehead atoms. The van der Waals surface area contributed by atoms with E-state index < -0.39 is 9.84 Å². The number of nitrogens with one attached hydrogen (secondary N) is 2. The zero-order valence-corrected chi connectivity index (χ0v) is 16.6. The molecule has 138 valence electrons. The van der Waals surface area contributed by atoms with Gasteiger partial charge in [0, 0.05) is 16.6 Å². The van der Waals surface area contributed by atoms with Crippen LogP contribution in [-0.4, -0.2) is 37.3 Å². The minimum atomic E-state index is -2.96. The van der Waals surface area contributed by atoms with Crippen LogP contribution in [0, 0.1) is 0 Å². The monoisotopic (exact) mass is 431 g/mol. The summed E-state index contributed by atoms with van der Waals surface area (Å²) in [5.74, 6) is 1.32. The maximum absolute atomic E-state index is 11.4. The van der Waals surface area contributed by atoms with Gasteiger partial charge in [-0.2, -0.15) is 5.10 Å². The van der Waals surface area contributed by atoms with Gasteiger partial charge in [0.1, 0.15) is 11.5 Å². The smallest absolute Gasteiger partial charge is 0.187 e. The molecule has 3 rings (SSSR count). The molecule has 0 aliphatic carbocycles. The summed E-state index contributed by atoms with van der Waals surface area (Å²) in [6.45, 7) is 0. The van der Waals surface area contributed by atoms with Crippen molar-refractivity contribution in [3.8, 4) is 11.3 Å². The van der Waals surface area contributed by atoms with Crippen LogP contribution in [0.15, 0.2) is 39.9 Å². The molecule has 0 radical (unpaired) electrons. The van der Waals surface area contributed by atoms with Crippen LogP contribution in [0.3, 0.4) is 0 Å². The Bertz CT molecular complexity index is 957. The molecule has 1 aliphatic rings. The summed E-state index contributed by atoms with van der Waals surface area (Å²) < 4.78 is 28.5. The van der Waals surface area contributed by atoms with E-state index in [1.807, 2.05) is 0 Å². The summed E-state index contributed by atoms with van der Waals surface area (Å²) in [5, 5.41) is 8.26. The first-order valence-corrected chi connectivity index (χ1v) is 10.7. The molecule has 0 spiro atoms. The lowest BCUT2D eigenvalue weighted by atomic mass is 10.2. The maximum atomic E-state index is 11.4. The summed E-state index contributed by atoms with van der Waals surface area (Å²) >= 11 is 17.2. The van der Waals surface area contributed by atoms with Crippen LogP contribution in [0.1, 0.15) is 12.2 Å². The lowest BCUT2D eigenvalue weighted by Crippen LogP contribution is -2.40. The van der Waals surface area contributed by atoms with Crippen molar-refractivity contribution in [2.75, 3.05) is 11.5 Å². The van der Waals surface area contributed by atoms with E-state index in [9.17, 15) is 8.42 Å². The molecule has 1 fully saturated rings. The number of rotatable bonds is 4. The van der Waals surface area contributed by atoms with Crippen LogP contribution in [0.25, 0.3) is 11.3 Å². The Morgan fingerprint density at radius 3 is 2.85 bits per heavy atom. The van der Waals surface area contributed by atoms with Crippen LogP contribution < -0.4 is 10.7 Å². The summed E-state index contributed by atoms with van der Waals surface area (Å²) in [7, 11) is -2.96. The minimum absolute atomic E-state index is 0.0838. The second-order valence-corrected chi connectivity index (χ2v) is 9.25. The Kier molecular flexibility index (Phi) is 5.86. The summed E-state index contributed by atoms with van der Waals surface area (Å²) in [4.78, 5) is 0. The fourth-order valence-electron chi connectivity index (χ4n) is 2.53. The third-order valence-electron chi connectivity index (χ3n) is 3.75. The predicted molar refractivity (Wildman–Crippen MR) is 108 cm³/mol. The van der Waals surface area contributed by atoms with Crippen LogP contribution >= 0.6 is 35.4 Å². The van der Waals surface area contributed by atoms with Gasteiger partial charge in [-0.15, -0.1) is 0 Å². The molecule has 1 saturated heterocycles. The number of sulfone groups is 1. The highest BCUT2D eigenvalue weighted by molar-refractivity contribution is 7.91.